The van der Waals surface area contributed by atoms with E-state index in [4.69, 9.17) is 0 Å². The van der Waals surface area contributed by atoms with Crippen LogP contribution in [0.3, 0.4) is 0 Å². The van der Waals surface area contributed by atoms with Gasteiger partial charge in [0.05, 0.1) is 4.90 Å². The van der Waals surface area contributed by atoms with Crippen molar-refractivity contribution in [3.05, 3.63) is 57.5 Å². The first-order chi connectivity index (χ1) is 9.88. The second-order valence-electron chi connectivity index (χ2n) is 4.25. The van der Waals surface area contributed by atoms with Gasteiger partial charge in [0, 0.05) is 14.6 Å². The molecular formula is C14H11Br2NO3S. The highest BCUT2D eigenvalue weighted by Gasteiger charge is 2.19. The number of amides is 1. The summed E-state index contributed by atoms with van der Waals surface area (Å²) in [7, 11) is -3.63. The number of hydrogen-bond acceptors (Lipinski definition) is 3. The lowest BCUT2D eigenvalue weighted by Gasteiger charge is -2.07. The molecular weight excluding hydrogens is 422 g/mol. The summed E-state index contributed by atoms with van der Waals surface area (Å²) in [5.41, 5.74) is 0.526. The van der Waals surface area contributed by atoms with Crippen LogP contribution < -0.4 is 5.32 Å². The summed E-state index contributed by atoms with van der Waals surface area (Å²) in [6.07, 6.45) is 0. The summed E-state index contributed by atoms with van der Waals surface area (Å²) in [6.45, 7) is 0. The maximum atomic E-state index is 12.1. The third-order valence-corrected chi connectivity index (χ3v) is 6.14. The van der Waals surface area contributed by atoms with Gasteiger partial charge in [-0.1, -0.05) is 18.2 Å². The smallest absolute Gasteiger partial charge is 0.239 e. The maximum absolute atomic E-state index is 12.1. The van der Waals surface area contributed by atoms with Gasteiger partial charge < -0.3 is 5.32 Å². The van der Waals surface area contributed by atoms with Gasteiger partial charge in [-0.3, -0.25) is 4.79 Å². The Balaban J connectivity index is 2.10. The zero-order valence-corrected chi connectivity index (χ0v) is 14.7. The summed E-state index contributed by atoms with van der Waals surface area (Å²) in [5.74, 6) is -1.17. The highest BCUT2D eigenvalue weighted by molar-refractivity contribution is 9.13. The molecule has 2 rings (SSSR count). The minimum Gasteiger partial charge on any atom is -0.325 e. The van der Waals surface area contributed by atoms with E-state index in [9.17, 15) is 13.2 Å². The van der Waals surface area contributed by atoms with Crippen molar-refractivity contribution in [3.63, 3.8) is 0 Å². The Labute approximate surface area is 139 Å². The number of carbonyl (C=O) groups excluding carboxylic acids is 1. The Morgan fingerprint density at radius 2 is 1.67 bits per heavy atom. The van der Waals surface area contributed by atoms with Gasteiger partial charge in [-0.2, -0.15) is 0 Å². The van der Waals surface area contributed by atoms with E-state index in [1.165, 1.54) is 12.1 Å². The molecule has 0 radical (unpaired) electrons. The van der Waals surface area contributed by atoms with Crippen LogP contribution in [0.5, 0.6) is 0 Å². The third-order valence-electron chi connectivity index (χ3n) is 2.63. The van der Waals surface area contributed by atoms with Crippen molar-refractivity contribution in [2.45, 2.75) is 4.90 Å². The molecule has 7 heteroatoms. The SMILES string of the molecule is O=C(CS(=O)(=O)c1ccccc1)Nc1ccc(Br)c(Br)c1. The van der Waals surface area contributed by atoms with Crippen LogP contribution in [-0.2, 0) is 14.6 Å². The molecule has 110 valence electrons. The number of carbonyl (C=O) groups is 1. The summed E-state index contributed by atoms with van der Waals surface area (Å²) >= 11 is 6.64. The first-order valence-electron chi connectivity index (χ1n) is 5.91. The van der Waals surface area contributed by atoms with E-state index in [-0.39, 0.29) is 4.90 Å². The molecule has 21 heavy (non-hydrogen) atoms. The molecule has 0 bridgehead atoms. The first kappa shape index (κ1) is 16.2. The van der Waals surface area contributed by atoms with Crippen LogP contribution in [0.4, 0.5) is 5.69 Å². The minimum atomic E-state index is -3.63. The monoisotopic (exact) mass is 431 g/mol. The van der Waals surface area contributed by atoms with Gasteiger partial charge in [-0.15, -0.1) is 0 Å². The van der Waals surface area contributed by atoms with Crippen molar-refractivity contribution in [2.75, 3.05) is 11.1 Å². The van der Waals surface area contributed by atoms with Crippen molar-refractivity contribution in [1.82, 2.24) is 0 Å². The molecule has 0 aliphatic rings. The lowest BCUT2D eigenvalue weighted by atomic mass is 10.3. The fraction of sp³-hybridized carbons (Fsp3) is 0.0714. The molecule has 0 unspecified atom stereocenters. The Kier molecular flexibility index (Phi) is 5.18. The van der Waals surface area contributed by atoms with Crippen molar-refractivity contribution in [3.8, 4) is 0 Å². The second kappa shape index (κ2) is 6.72. The predicted octanol–water partition coefficient (Wildman–Crippen LogP) is 3.62. The topological polar surface area (TPSA) is 63.2 Å². The van der Waals surface area contributed by atoms with E-state index < -0.39 is 21.5 Å². The van der Waals surface area contributed by atoms with Crippen LogP contribution in [0.25, 0.3) is 0 Å². The maximum Gasteiger partial charge on any atom is 0.239 e. The van der Waals surface area contributed by atoms with Crippen LogP contribution in [-0.4, -0.2) is 20.1 Å². The van der Waals surface area contributed by atoms with E-state index >= 15 is 0 Å². The van der Waals surface area contributed by atoms with Crippen LogP contribution in [0.1, 0.15) is 0 Å². The largest absolute Gasteiger partial charge is 0.325 e. The number of nitrogens with one attached hydrogen (secondary N) is 1. The Morgan fingerprint density at radius 3 is 2.29 bits per heavy atom. The lowest BCUT2D eigenvalue weighted by Crippen LogP contribution is -2.23. The average Bonchev–Trinajstić information content (AvgIpc) is 2.43. The molecule has 0 saturated heterocycles. The standard InChI is InChI=1S/C14H11Br2NO3S/c15-12-7-6-10(8-13(12)16)17-14(18)9-21(19,20)11-4-2-1-3-5-11/h1-8H,9H2,(H,17,18). The molecule has 0 fully saturated rings. The third kappa shape index (κ3) is 4.39. The molecule has 1 amide bonds. The van der Waals surface area contributed by atoms with Crippen LogP contribution in [0, 0.1) is 0 Å². The van der Waals surface area contributed by atoms with E-state index in [0.29, 0.717) is 5.69 Å². The van der Waals surface area contributed by atoms with Crippen LogP contribution >= 0.6 is 31.9 Å². The average molecular weight is 433 g/mol. The highest BCUT2D eigenvalue weighted by atomic mass is 79.9. The molecule has 2 aromatic carbocycles. The zero-order chi connectivity index (χ0) is 15.5. The first-order valence-corrected chi connectivity index (χ1v) is 9.15. The van der Waals surface area contributed by atoms with Gasteiger partial charge in [-0.25, -0.2) is 8.42 Å². The number of rotatable bonds is 4. The number of hydrogen-bond donors (Lipinski definition) is 1. The number of anilines is 1. The zero-order valence-electron chi connectivity index (χ0n) is 10.7. The molecule has 0 atom stereocenters. The lowest BCUT2D eigenvalue weighted by molar-refractivity contribution is -0.113. The van der Waals surface area contributed by atoms with E-state index in [1.54, 1.807) is 36.4 Å². The highest BCUT2D eigenvalue weighted by Crippen LogP contribution is 2.26. The molecule has 0 spiro atoms. The van der Waals surface area contributed by atoms with Crippen molar-refractivity contribution < 1.29 is 13.2 Å². The molecule has 2 aromatic rings. The molecule has 1 N–H and O–H groups in total. The number of benzene rings is 2. The molecule has 0 aromatic heterocycles. The Bertz CT molecular complexity index is 761. The minimum absolute atomic E-state index is 0.136. The predicted molar refractivity (Wildman–Crippen MR) is 89.0 cm³/mol. The van der Waals surface area contributed by atoms with Gasteiger partial charge in [0.15, 0.2) is 9.84 Å². The molecule has 0 saturated carbocycles. The summed E-state index contributed by atoms with van der Waals surface area (Å²) in [6, 6.07) is 13.0. The molecule has 0 aliphatic heterocycles. The van der Waals surface area contributed by atoms with Crippen LogP contribution in [0.2, 0.25) is 0 Å². The molecule has 0 heterocycles. The fourth-order valence-electron chi connectivity index (χ4n) is 1.65. The van der Waals surface area contributed by atoms with Gasteiger partial charge in [0.25, 0.3) is 0 Å². The quantitative estimate of drug-likeness (QED) is 0.802. The van der Waals surface area contributed by atoms with Gasteiger partial charge in [-0.05, 0) is 62.2 Å². The van der Waals surface area contributed by atoms with Gasteiger partial charge in [0.1, 0.15) is 5.75 Å². The van der Waals surface area contributed by atoms with Gasteiger partial charge >= 0.3 is 0 Å². The summed E-state index contributed by atoms with van der Waals surface area (Å²) in [4.78, 5) is 12.0. The number of sulfone groups is 1. The molecule has 4 nitrogen and oxygen atoms in total. The van der Waals surface area contributed by atoms with E-state index in [2.05, 4.69) is 37.2 Å². The summed E-state index contributed by atoms with van der Waals surface area (Å²) in [5, 5.41) is 2.57. The second-order valence-corrected chi connectivity index (χ2v) is 7.95. The number of halogens is 2. The van der Waals surface area contributed by atoms with E-state index in [0.717, 1.165) is 8.95 Å². The Hall–Kier alpha value is -1.18. The fourth-order valence-corrected chi connectivity index (χ4v) is 3.44. The van der Waals surface area contributed by atoms with Crippen molar-refractivity contribution >= 4 is 53.3 Å². The molecule has 0 aliphatic carbocycles. The van der Waals surface area contributed by atoms with Crippen LogP contribution in [0.15, 0.2) is 62.4 Å². The van der Waals surface area contributed by atoms with E-state index in [1.807, 2.05) is 0 Å². The van der Waals surface area contributed by atoms with Crippen molar-refractivity contribution in [1.29, 1.82) is 0 Å². The summed E-state index contributed by atoms with van der Waals surface area (Å²) < 4.78 is 25.8. The Morgan fingerprint density at radius 1 is 1.00 bits per heavy atom. The normalized spacial score (nSPS) is 11.1. The van der Waals surface area contributed by atoms with Crippen molar-refractivity contribution in [2.24, 2.45) is 0 Å². The van der Waals surface area contributed by atoms with Gasteiger partial charge in [0.2, 0.25) is 5.91 Å².